The fourth-order valence-corrected chi connectivity index (χ4v) is 2.21. The molecule has 0 aromatic rings. The molecule has 0 amide bonds. The first-order valence-electron chi connectivity index (χ1n) is 4.89. The van der Waals surface area contributed by atoms with Crippen molar-refractivity contribution in [2.45, 2.75) is 52.1 Å². The summed E-state index contributed by atoms with van der Waals surface area (Å²) < 4.78 is 5.84. The molecule has 1 rings (SSSR count). The second-order valence-electron chi connectivity index (χ2n) is 3.71. The minimum atomic E-state index is 0.245. The Labute approximate surface area is 70.1 Å². The lowest BCUT2D eigenvalue weighted by atomic mass is 9.83. The molecular weight excluding hydrogens is 136 g/mol. The monoisotopic (exact) mass is 156 g/mol. The summed E-state index contributed by atoms with van der Waals surface area (Å²) in [7, 11) is 0. The third-order valence-electron chi connectivity index (χ3n) is 3.11. The normalized spacial score (nSPS) is 37.9. The van der Waals surface area contributed by atoms with Crippen LogP contribution < -0.4 is 0 Å². The van der Waals surface area contributed by atoms with E-state index in [1.807, 2.05) is 0 Å². The lowest BCUT2D eigenvalue weighted by Gasteiger charge is -2.31. The van der Waals surface area contributed by atoms with Crippen molar-refractivity contribution in [3.05, 3.63) is 0 Å². The predicted molar refractivity (Wildman–Crippen MR) is 47.7 cm³/mol. The van der Waals surface area contributed by atoms with Gasteiger partial charge in [-0.2, -0.15) is 0 Å². The Kier molecular flexibility index (Phi) is 2.94. The van der Waals surface area contributed by atoms with Gasteiger partial charge in [0.15, 0.2) is 0 Å². The highest BCUT2D eigenvalue weighted by Crippen LogP contribution is 2.38. The molecular formula is C10H20O. The molecule has 0 saturated carbocycles. The molecule has 1 heterocycles. The van der Waals surface area contributed by atoms with E-state index in [0.29, 0.717) is 0 Å². The van der Waals surface area contributed by atoms with E-state index in [1.165, 1.54) is 25.7 Å². The number of rotatable bonds is 3. The van der Waals surface area contributed by atoms with Crippen molar-refractivity contribution in [2.75, 3.05) is 6.61 Å². The minimum absolute atomic E-state index is 0.245. The maximum Gasteiger partial charge on any atom is 0.0706 e. The van der Waals surface area contributed by atoms with Gasteiger partial charge in [-0.05, 0) is 25.2 Å². The van der Waals surface area contributed by atoms with Crippen LogP contribution >= 0.6 is 0 Å². The van der Waals surface area contributed by atoms with Crippen molar-refractivity contribution >= 4 is 0 Å². The van der Waals surface area contributed by atoms with Crippen molar-refractivity contribution in [3.8, 4) is 0 Å². The lowest BCUT2D eigenvalue weighted by molar-refractivity contribution is -0.0283. The summed E-state index contributed by atoms with van der Waals surface area (Å²) in [6.07, 6.45) is 4.93. The summed E-state index contributed by atoms with van der Waals surface area (Å²) in [5.74, 6) is 0.771. The van der Waals surface area contributed by atoms with Crippen LogP contribution in [-0.4, -0.2) is 12.2 Å². The largest absolute Gasteiger partial charge is 0.375 e. The summed E-state index contributed by atoms with van der Waals surface area (Å²) in [5.41, 5.74) is 0.245. The maximum absolute atomic E-state index is 5.84. The summed E-state index contributed by atoms with van der Waals surface area (Å²) in [6.45, 7) is 7.80. The molecule has 0 spiro atoms. The van der Waals surface area contributed by atoms with Gasteiger partial charge in [-0.1, -0.05) is 27.2 Å². The Bertz CT molecular complexity index is 122. The van der Waals surface area contributed by atoms with Gasteiger partial charge in [-0.25, -0.2) is 0 Å². The van der Waals surface area contributed by atoms with Gasteiger partial charge in [-0.3, -0.25) is 0 Å². The highest BCUT2D eigenvalue weighted by atomic mass is 16.5. The second kappa shape index (κ2) is 3.57. The Hall–Kier alpha value is -0.0400. The second-order valence-corrected chi connectivity index (χ2v) is 3.71. The third-order valence-corrected chi connectivity index (χ3v) is 3.11. The first kappa shape index (κ1) is 9.05. The van der Waals surface area contributed by atoms with Crippen LogP contribution in [0.5, 0.6) is 0 Å². The van der Waals surface area contributed by atoms with Crippen LogP contribution in [0.4, 0.5) is 0 Å². The van der Waals surface area contributed by atoms with Crippen LogP contribution in [0.25, 0.3) is 0 Å². The van der Waals surface area contributed by atoms with Gasteiger partial charge >= 0.3 is 0 Å². The van der Waals surface area contributed by atoms with Crippen LogP contribution in [0.15, 0.2) is 0 Å². The van der Waals surface area contributed by atoms with Crippen molar-refractivity contribution < 1.29 is 4.74 Å². The summed E-state index contributed by atoms with van der Waals surface area (Å²) >= 11 is 0. The zero-order valence-electron chi connectivity index (χ0n) is 8.02. The number of ether oxygens (including phenoxy) is 1. The molecule has 1 saturated heterocycles. The standard InChI is InChI=1S/C10H20O/c1-4-7-10(5-2)9(3)6-8-11-10/h9H,4-8H2,1-3H3. The zero-order chi connectivity index (χ0) is 8.32. The summed E-state index contributed by atoms with van der Waals surface area (Å²) in [6, 6.07) is 0. The van der Waals surface area contributed by atoms with Crippen molar-refractivity contribution in [1.29, 1.82) is 0 Å². The molecule has 1 aliphatic heterocycles. The van der Waals surface area contributed by atoms with Gasteiger partial charge in [0.25, 0.3) is 0 Å². The highest BCUT2D eigenvalue weighted by Gasteiger charge is 2.38. The average Bonchev–Trinajstić information content (AvgIpc) is 2.35. The lowest BCUT2D eigenvalue weighted by Crippen LogP contribution is -2.32. The Morgan fingerprint density at radius 2 is 2.18 bits per heavy atom. The van der Waals surface area contributed by atoms with E-state index in [1.54, 1.807) is 0 Å². The average molecular weight is 156 g/mol. The SMILES string of the molecule is CCCC1(CC)OCCC1C. The van der Waals surface area contributed by atoms with Gasteiger partial charge in [0.1, 0.15) is 0 Å². The minimum Gasteiger partial charge on any atom is -0.375 e. The molecule has 0 N–H and O–H groups in total. The molecule has 11 heavy (non-hydrogen) atoms. The quantitative estimate of drug-likeness (QED) is 0.610. The molecule has 1 fully saturated rings. The molecule has 0 aliphatic carbocycles. The van der Waals surface area contributed by atoms with E-state index in [0.717, 1.165) is 12.5 Å². The van der Waals surface area contributed by atoms with Gasteiger partial charge < -0.3 is 4.74 Å². The van der Waals surface area contributed by atoms with Crippen LogP contribution in [0, 0.1) is 5.92 Å². The number of hydrogen-bond donors (Lipinski definition) is 0. The highest BCUT2D eigenvalue weighted by molar-refractivity contribution is 4.88. The van der Waals surface area contributed by atoms with Gasteiger partial charge in [0.05, 0.1) is 5.60 Å². The van der Waals surface area contributed by atoms with Crippen LogP contribution in [0.2, 0.25) is 0 Å². The molecule has 1 nitrogen and oxygen atoms in total. The van der Waals surface area contributed by atoms with Crippen LogP contribution in [0.3, 0.4) is 0 Å². The van der Waals surface area contributed by atoms with Crippen molar-refractivity contribution in [1.82, 2.24) is 0 Å². The van der Waals surface area contributed by atoms with Crippen LogP contribution in [-0.2, 0) is 4.74 Å². The van der Waals surface area contributed by atoms with E-state index in [-0.39, 0.29) is 5.60 Å². The topological polar surface area (TPSA) is 9.23 Å². The van der Waals surface area contributed by atoms with Gasteiger partial charge in [0, 0.05) is 6.61 Å². The number of hydrogen-bond acceptors (Lipinski definition) is 1. The Morgan fingerprint density at radius 1 is 1.45 bits per heavy atom. The molecule has 0 aromatic carbocycles. The Morgan fingerprint density at radius 3 is 2.55 bits per heavy atom. The molecule has 1 aliphatic rings. The first-order chi connectivity index (χ1) is 5.25. The fraction of sp³-hybridized carbons (Fsp3) is 1.00. The van der Waals surface area contributed by atoms with Gasteiger partial charge in [0.2, 0.25) is 0 Å². The maximum atomic E-state index is 5.84. The molecule has 0 radical (unpaired) electrons. The molecule has 66 valence electrons. The summed E-state index contributed by atoms with van der Waals surface area (Å²) in [5, 5.41) is 0. The Balaban J connectivity index is 2.57. The first-order valence-corrected chi connectivity index (χ1v) is 4.89. The smallest absolute Gasteiger partial charge is 0.0706 e. The van der Waals surface area contributed by atoms with E-state index in [4.69, 9.17) is 4.74 Å². The predicted octanol–water partition coefficient (Wildman–Crippen LogP) is 2.99. The van der Waals surface area contributed by atoms with E-state index >= 15 is 0 Å². The van der Waals surface area contributed by atoms with E-state index in [2.05, 4.69) is 20.8 Å². The molecule has 2 unspecified atom stereocenters. The van der Waals surface area contributed by atoms with E-state index in [9.17, 15) is 0 Å². The summed E-state index contributed by atoms with van der Waals surface area (Å²) in [4.78, 5) is 0. The molecule has 0 bridgehead atoms. The van der Waals surface area contributed by atoms with Crippen molar-refractivity contribution in [3.63, 3.8) is 0 Å². The van der Waals surface area contributed by atoms with Gasteiger partial charge in [-0.15, -0.1) is 0 Å². The van der Waals surface area contributed by atoms with Crippen molar-refractivity contribution in [2.24, 2.45) is 5.92 Å². The third kappa shape index (κ3) is 1.58. The molecule has 0 aromatic heterocycles. The van der Waals surface area contributed by atoms with Crippen LogP contribution in [0.1, 0.15) is 46.5 Å². The molecule has 1 heteroatoms. The molecule has 2 atom stereocenters. The fourth-order valence-electron chi connectivity index (χ4n) is 2.21. The van der Waals surface area contributed by atoms with E-state index < -0.39 is 0 Å². The zero-order valence-corrected chi connectivity index (χ0v) is 8.02.